The van der Waals surface area contributed by atoms with E-state index in [0.29, 0.717) is 22.9 Å². The van der Waals surface area contributed by atoms with Crippen LogP contribution in [0.1, 0.15) is 0 Å². The predicted octanol–water partition coefficient (Wildman–Crippen LogP) is 2.71. The lowest BCUT2D eigenvalue weighted by molar-refractivity contribution is 0.483. The van der Waals surface area contributed by atoms with Crippen molar-refractivity contribution in [1.29, 1.82) is 0 Å². The highest BCUT2D eigenvalue weighted by atomic mass is 16.5. The Kier molecular flexibility index (Phi) is 3.28. The maximum absolute atomic E-state index is 5.96. The molecule has 0 aromatic heterocycles. The molecule has 2 aromatic carbocycles. The maximum Gasteiger partial charge on any atom is 0.129 e. The molecule has 0 unspecified atom stereocenters. The van der Waals surface area contributed by atoms with Crippen LogP contribution in [0.2, 0.25) is 0 Å². The Morgan fingerprint density at radius 1 is 0.944 bits per heavy atom. The first-order valence-corrected chi connectivity index (χ1v) is 5.66. The number of benzene rings is 2. The third-order valence-electron chi connectivity index (χ3n) is 2.57. The van der Waals surface area contributed by atoms with Crippen molar-refractivity contribution < 1.29 is 4.74 Å². The molecule has 0 heterocycles. The fourth-order valence-corrected chi connectivity index (χ4v) is 1.72. The summed E-state index contributed by atoms with van der Waals surface area (Å²) in [6, 6.07) is 12.9. The van der Waals surface area contributed by atoms with Gasteiger partial charge < -0.3 is 21.1 Å². The summed E-state index contributed by atoms with van der Waals surface area (Å²) < 4.78 is 5.70. The lowest BCUT2D eigenvalue weighted by Crippen LogP contribution is -2.10. The van der Waals surface area contributed by atoms with Gasteiger partial charge in [0.15, 0.2) is 0 Å². The topological polar surface area (TPSA) is 64.5 Å². The van der Waals surface area contributed by atoms with Crippen LogP contribution in [0.4, 0.5) is 17.1 Å². The van der Waals surface area contributed by atoms with Gasteiger partial charge in [0.2, 0.25) is 0 Å². The second-order valence-electron chi connectivity index (χ2n) is 4.29. The zero-order chi connectivity index (χ0) is 13.1. The van der Waals surface area contributed by atoms with Crippen molar-refractivity contribution in [3.63, 3.8) is 0 Å². The van der Waals surface area contributed by atoms with Crippen LogP contribution >= 0.6 is 0 Å². The van der Waals surface area contributed by atoms with Crippen molar-refractivity contribution in [1.82, 2.24) is 0 Å². The lowest BCUT2D eigenvalue weighted by atomic mass is 10.2. The van der Waals surface area contributed by atoms with Gasteiger partial charge in [-0.05, 0) is 24.3 Å². The second-order valence-corrected chi connectivity index (χ2v) is 4.29. The van der Waals surface area contributed by atoms with Gasteiger partial charge in [-0.3, -0.25) is 0 Å². The number of rotatable bonds is 3. The van der Waals surface area contributed by atoms with E-state index >= 15 is 0 Å². The van der Waals surface area contributed by atoms with Crippen molar-refractivity contribution >= 4 is 17.1 Å². The normalized spacial score (nSPS) is 10.1. The summed E-state index contributed by atoms with van der Waals surface area (Å²) in [6.07, 6.45) is 0. The molecule has 0 amide bonds. The third kappa shape index (κ3) is 2.66. The number of hydrogen-bond acceptors (Lipinski definition) is 4. The molecule has 0 spiro atoms. The van der Waals surface area contributed by atoms with E-state index in [1.165, 1.54) is 0 Å². The van der Waals surface area contributed by atoms with E-state index in [2.05, 4.69) is 0 Å². The number of ether oxygens (including phenoxy) is 1. The van der Waals surface area contributed by atoms with Crippen LogP contribution in [0.5, 0.6) is 11.5 Å². The molecule has 4 nitrogen and oxygen atoms in total. The third-order valence-corrected chi connectivity index (χ3v) is 2.57. The maximum atomic E-state index is 5.96. The summed E-state index contributed by atoms with van der Waals surface area (Å²) in [5.41, 5.74) is 14.0. The van der Waals surface area contributed by atoms with Crippen LogP contribution in [0.15, 0.2) is 42.5 Å². The summed E-state index contributed by atoms with van der Waals surface area (Å²) in [6.45, 7) is 0. The highest BCUT2D eigenvalue weighted by molar-refractivity contribution is 5.69. The van der Waals surface area contributed by atoms with Gasteiger partial charge in [0.25, 0.3) is 0 Å². The summed E-state index contributed by atoms with van der Waals surface area (Å²) in [7, 11) is 3.90. The minimum absolute atomic E-state index is 0.672. The highest BCUT2D eigenvalue weighted by Crippen LogP contribution is 2.29. The largest absolute Gasteiger partial charge is 0.457 e. The molecular formula is C14H17N3O. The highest BCUT2D eigenvalue weighted by Gasteiger charge is 2.04. The monoisotopic (exact) mass is 243 g/mol. The van der Waals surface area contributed by atoms with Crippen molar-refractivity contribution in [2.24, 2.45) is 0 Å². The smallest absolute Gasteiger partial charge is 0.129 e. The van der Waals surface area contributed by atoms with Crippen LogP contribution < -0.4 is 21.1 Å². The molecule has 0 aliphatic rings. The molecule has 2 aromatic rings. The van der Waals surface area contributed by atoms with Crippen LogP contribution in [-0.2, 0) is 0 Å². The van der Waals surface area contributed by atoms with Gasteiger partial charge in [-0.2, -0.15) is 0 Å². The standard InChI is InChI=1S/C14H17N3O/c1-17(2)14-7-6-12(9-13(14)16)18-11-5-3-4-10(15)8-11/h3-9H,15-16H2,1-2H3. The molecule has 94 valence electrons. The number of hydrogen-bond donors (Lipinski definition) is 2. The SMILES string of the molecule is CN(C)c1ccc(Oc2cccc(N)c2)cc1N. The molecule has 0 saturated carbocycles. The van der Waals surface area contributed by atoms with E-state index in [1.54, 1.807) is 12.1 Å². The van der Waals surface area contributed by atoms with E-state index in [-0.39, 0.29) is 0 Å². The molecule has 18 heavy (non-hydrogen) atoms. The Labute approximate surface area is 107 Å². The molecule has 4 heteroatoms. The minimum atomic E-state index is 0.672. The van der Waals surface area contributed by atoms with Crippen LogP contribution in [0, 0.1) is 0 Å². The Morgan fingerprint density at radius 3 is 2.28 bits per heavy atom. The Morgan fingerprint density at radius 2 is 1.67 bits per heavy atom. The molecular weight excluding hydrogens is 226 g/mol. The first-order chi connectivity index (χ1) is 8.56. The molecule has 0 atom stereocenters. The van der Waals surface area contributed by atoms with E-state index in [0.717, 1.165) is 5.69 Å². The van der Waals surface area contributed by atoms with E-state index in [1.807, 2.05) is 49.3 Å². The minimum Gasteiger partial charge on any atom is -0.457 e. The van der Waals surface area contributed by atoms with Crippen LogP contribution in [-0.4, -0.2) is 14.1 Å². The van der Waals surface area contributed by atoms with Gasteiger partial charge in [0, 0.05) is 31.9 Å². The molecule has 0 aliphatic heterocycles. The first kappa shape index (κ1) is 12.1. The van der Waals surface area contributed by atoms with Crippen LogP contribution in [0.25, 0.3) is 0 Å². The molecule has 0 saturated heterocycles. The molecule has 0 radical (unpaired) electrons. The predicted molar refractivity (Wildman–Crippen MR) is 76.1 cm³/mol. The summed E-state index contributed by atoms with van der Waals surface area (Å²) in [4.78, 5) is 1.96. The Bertz CT molecular complexity index is 552. The lowest BCUT2D eigenvalue weighted by Gasteiger charge is -2.16. The van der Waals surface area contributed by atoms with E-state index < -0.39 is 0 Å². The molecule has 4 N–H and O–H groups in total. The molecule has 0 aliphatic carbocycles. The zero-order valence-electron chi connectivity index (χ0n) is 10.6. The fourth-order valence-electron chi connectivity index (χ4n) is 1.72. The van der Waals surface area contributed by atoms with Gasteiger partial charge in [-0.15, -0.1) is 0 Å². The van der Waals surface area contributed by atoms with Crippen molar-refractivity contribution in [3.8, 4) is 11.5 Å². The van der Waals surface area contributed by atoms with Gasteiger partial charge in [0.1, 0.15) is 11.5 Å². The molecule has 0 fully saturated rings. The first-order valence-electron chi connectivity index (χ1n) is 5.66. The summed E-state index contributed by atoms with van der Waals surface area (Å²) in [5, 5.41) is 0. The van der Waals surface area contributed by atoms with Crippen molar-refractivity contribution in [3.05, 3.63) is 42.5 Å². The van der Waals surface area contributed by atoms with E-state index in [9.17, 15) is 0 Å². The molecule has 0 bridgehead atoms. The average molecular weight is 243 g/mol. The molecule has 2 rings (SSSR count). The van der Waals surface area contributed by atoms with Gasteiger partial charge in [-0.25, -0.2) is 0 Å². The second kappa shape index (κ2) is 4.87. The van der Waals surface area contributed by atoms with E-state index in [4.69, 9.17) is 16.2 Å². The summed E-state index contributed by atoms with van der Waals surface area (Å²) in [5.74, 6) is 1.40. The number of anilines is 3. The van der Waals surface area contributed by atoms with Crippen molar-refractivity contribution in [2.45, 2.75) is 0 Å². The van der Waals surface area contributed by atoms with Crippen molar-refractivity contribution in [2.75, 3.05) is 30.5 Å². The van der Waals surface area contributed by atoms with Gasteiger partial charge in [-0.1, -0.05) is 6.07 Å². The fraction of sp³-hybridized carbons (Fsp3) is 0.143. The Hall–Kier alpha value is -2.36. The summed E-state index contributed by atoms with van der Waals surface area (Å²) >= 11 is 0. The Balaban J connectivity index is 2.23. The van der Waals surface area contributed by atoms with Gasteiger partial charge >= 0.3 is 0 Å². The quantitative estimate of drug-likeness (QED) is 0.813. The van der Waals surface area contributed by atoms with Crippen LogP contribution in [0.3, 0.4) is 0 Å². The number of nitrogen functional groups attached to an aromatic ring is 2. The number of nitrogens with two attached hydrogens (primary N) is 2. The zero-order valence-corrected chi connectivity index (χ0v) is 10.6. The van der Waals surface area contributed by atoms with Gasteiger partial charge in [0.05, 0.1) is 11.4 Å². The number of nitrogens with zero attached hydrogens (tertiary/aromatic N) is 1. The average Bonchev–Trinajstić information content (AvgIpc) is 2.28.